The van der Waals surface area contributed by atoms with E-state index >= 15 is 0 Å². The van der Waals surface area contributed by atoms with Crippen LogP contribution in [0.15, 0.2) is 18.2 Å². The molecule has 4 heteroatoms. The van der Waals surface area contributed by atoms with Gasteiger partial charge in [0.2, 0.25) is 5.91 Å². The van der Waals surface area contributed by atoms with Crippen molar-refractivity contribution in [2.24, 2.45) is 0 Å². The Kier molecular flexibility index (Phi) is 7.09. The quantitative estimate of drug-likeness (QED) is 0.768. The minimum Gasteiger partial charge on any atom is -0.493 e. The van der Waals surface area contributed by atoms with Crippen molar-refractivity contribution in [3.63, 3.8) is 0 Å². The van der Waals surface area contributed by atoms with Crippen LogP contribution in [0.25, 0.3) is 0 Å². The number of para-hydroxylation sites is 1. The fraction of sp³-hybridized carbons (Fsp3) is 0.562. The third-order valence-electron chi connectivity index (χ3n) is 3.32. The Balaban J connectivity index is 2.38. The molecule has 1 amide bonds. The lowest BCUT2D eigenvalue weighted by Crippen LogP contribution is -2.35. The average Bonchev–Trinajstić information content (AvgIpc) is 2.41. The maximum absolute atomic E-state index is 11.8. The number of carbonyl (C=O) groups is 1. The predicted octanol–water partition coefficient (Wildman–Crippen LogP) is 2.35. The number of rotatable bonds is 8. The van der Waals surface area contributed by atoms with E-state index in [1.165, 1.54) is 0 Å². The van der Waals surface area contributed by atoms with Crippen molar-refractivity contribution in [3.05, 3.63) is 29.3 Å². The molecule has 0 aliphatic rings. The van der Waals surface area contributed by atoms with E-state index in [0.29, 0.717) is 19.4 Å². The maximum Gasteiger partial charge on any atom is 0.223 e. The minimum atomic E-state index is -0.0310. The molecule has 0 radical (unpaired) electrons. The summed E-state index contributed by atoms with van der Waals surface area (Å²) in [5.41, 5.74) is 2.16. The summed E-state index contributed by atoms with van der Waals surface area (Å²) < 4.78 is 5.70. The molecule has 1 unspecified atom stereocenters. The Morgan fingerprint density at radius 2 is 2.00 bits per heavy atom. The highest BCUT2D eigenvalue weighted by Gasteiger charge is 2.10. The van der Waals surface area contributed by atoms with Crippen molar-refractivity contribution >= 4 is 5.91 Å². The van der Waals surface area contributed by atoms with Crippen LogP contribution < -0.4 is 10.1 Å². The van der Waals surface area contributed by atoms with Crippen LogP contribution in [0, 0.1) is 13.8 Å². The lowest BCUT2D eigenvalue weighted by molar-refractivity contribution is -0.122. The van der Waals surface area contributed by atoms with Gasteiger partial charge in [0.1, 0.15) is 5.75 Å². The second-order valence-electron chi connectivity index (χ2n) is 5.00. The van der Waals surface area contributed by atoms with Crippen molar-refractivity contribution in [2.45, 2.75) is 46.1 Å². The molecular weight excluding hydrogens is 254 g/mol. The van der Waals surface area contributed by atoms with Crippen LogP contribution in [0.4, 0.5) is 0 Å². The monoisotopic (exact) mass is 279 g/mol. The molecule has 1 atom stereocenters. The number of hydrogen-bond donors (Lipinski definition) is 2. The van der Waals surface area contributed by atoms with Gasteiger partial charge < -0.3 is 15.2 Å². The highest BCUT2D eigenvalue weighted by atomic mass is 16.5. The number of benzene rings is 1. The SMILES string of the molecule is CCC(CCO)NC(=O)CCOc1c(C)cccc1C. The van der Waals surface area contributed by atoms with Crippen molar-refractivity contribution < 1.29 is 14.6 Å². The zero-order chi connectivity index (χ0) is 15.0. The molecular formula is C16H25NO3. The summed E-state index contributed by atoms with van der Waals surface area (Å²) in [5, 5.41) is 11.8. The molecule has 0 spiro atoms. The first kappa shape index (κ1) is 16.5. The molecule has 0 saturated carbocycles. The van der Waals surface area contributed by atoms with E-state index in [1.807, 2.05) is 39.0 Å². The number of ether oxygens (including phenoxy) is 1. The summed E-state index contributed by atoms with van der Waals surface area (Å²) in [6, 6.07) is 6.03. The normalized spacial score (nSPS) is 12.0. The van der Waals surface area contributed by atoms with Crippen molar-refractivity contribution in [2.75, 3.05) is 13.2 Å². The number of aryl methyl sites for hydroxylation is 2. The number of carbonyl (C=O) groups excluding carboxylic acids is 1. The molecule has 112 valence electrons. The highest BCUT2D eigenvalue weighted by molar-refractivity contribution is 5.76. The molecule has 2 N–H and O–H groups in total. The zero-order valence-electron chi connectivity index (χ0n) is 12.6. The van der Waals surface area contributed by atoms with Crippen LogP contribution in [0.3, 0.4) is 0 Å². The second-order valence-corrected chi connectivity index (χ2v) is 5.00. The van der Waals surface area contributed by atoms with Crippen LogP contribution >= 0.6 is 0 Å². The van der Waals surface area contributed by atoms with E-state index < -0.39 is 0 Å². The molecule has 0 aliphatic heterocycles. The lowest BCUT2D eigenvalue weighted by Gasteiger charge is -2.16. The molecule has 1 aromatic rings. The fourth-order valence-electron chi connectivity index (χ4n) is 2.11. The Bertz CT molecular complexity index is 411. The smallest absolute Gasteiger partial charge is 0.223 e. The average molecular weight is 279 g/mol. The highest BCUT2D eigenvalue weighted by Crippen LogP contribution is 2.22. The molecule has 0 aromatic heterocycles. The first-order valence-electron chi connectivity index (χ1n) is 7.17. The van der Waals surface area contributed by atoms with Gasteiger partial charge in [0.05, 0.1) is 13.0 Å². The summed E-state index contributed by atoms with van der Waals surface area (Å²) in [6.07, 6.45) is 1.75. The molecule has 0 aliphatic carbocycles. The van der Waals surface area contributed by atoms with Crippen molar-refractivity contribution in [3.8, 4) is 5.75 Å². The van der Waals surface area contributed by atoms with Crippen LogP contribution in [-0.2, 0) is 4.79 Å². The predicted molar refractivity (Wildman–Crippen MR) is 80.0 cm³/mol. The van der Waals surface area contributed by atoms with Crippen LogP contribution in [0.2, 0.25) is 0 Å². The number of amides is 1. The van der Waals surface area contributed by atoms with Gasteiger partial charge >= 0.3 is 0 Å². The Labute approximate surface area is 121 Å². The molecule has 4 nitrogen and oxygen atoms in total. The summed E-state index contributed by atoms with van der Waals surface area (Å²) >= 11 is 0. The van der Waals surface area contributed by atoms with E-state index in [1.54, 1.807) is 0 Å². The second kappa shape index (κ2) is 8.59. The molecule has 0 fully saturated rings. The zero-order valence-corrected chi connectivity index (χ0v) is 12.6. The fourth-order valence-corrected chi connectivity index (χ4v) is 2.11. The topological polar surface area (TPSA) is 58.6 Å². The van der Waals surface area contributed by atoms with E-state index in [0.717, 1.165) is 23.3 Å². The number of aliphatic hydroxyl groups is 1. The molecule has 20 heavy (non-hydrogen) atoms. The number of nitrogens with one attached hydrogen (secondary N) is 1. The van der Waals surface area contributed by atoms with Gasteiger partial charge in [-0.05, 0) is 37.8 Å². The molecule has 0 heterocycles. The maximum atomic E-state index is 11.8. The molecule has 0 saturated heterocycles. The third-order valence-corrected chi connectivity index (χ3v) is 3.32. The standard InChI is InChI=1S/C16H25NO3/c1-4-14(8-10-18)17-15(19)9-11-20-16-12(2)6-5-7-13(16)3/h5-7,14,18H,4,8-11H2,1-3H3,(H,17,19). The summed E-state index contributed by atoms with van der Waals surface area (Å²) in [7, 11) is 0. The van der Waals surface area contributed by atoms with Gasteiger partial charge in [0.25, 0.3) is 0 Å². The number of aliphatic hydroxyl groups excluding tert-OH is 1. The first-order chi connectivity index (χ1) is 9.58. The van der Waals surface area contributed by atoms with Crippen LogP contribution in [0.1, 0.15) is 37.3 Å². The molecule has 0 bridgehead atoms. The van der Waals surface area contributed by atoms with E-state index in [4.69, 9.17) is 9.84 Å². The van der Waals surface area contributed by atoms with Gasteiger partial charge in [0.15, 0.2) is 0 Å². The minimum absolute atomic E-state index is 0.0310. The Hall–Kier alpha value is -1.55. The van der Waals surface area contributed by atoms with Gasteiger partial charge in [-0.15, -0.1) is 0 Å². The van der Waals surface area contributed by atoms with Crippen LogP contribution in [-0.4, -0.2) is 30.3 Å². The van der Waals surface area contributed by atoms with Gasteiger partial charge in [0, 0.05) is 12.6 Å². The van der Waals surface area contributed by atoms with Gasteiger partial charge in [-0.1, -0.05) is 25.1 Å². The van der Waals surface area contributed by atoms with E-state index in [-0.39, 0.29) is 18.6 Å². The molecule has 1 aromatic carbocycles. The van der Waals surface area contributed by atoms with Crippen molar-refractivity contribution in [1.29, 1.82) is 0 Å². The molecule has 1 rings (SSSR count). The summed E-state index contributed by atoms with van der Waals surface area (Å²) in [5.74, 6) is 0.833. The Morgan fingerprint density at radius 1 is 1.35 bits per heavy atom. The summed E-state index contributed by atoms with van der Waals surface area (Å²) in [6.45, 7) is 6.45. The van der Waals surface area contributed by atoms with Crippen LogP contribution in [0.5, 0.6) is 5.75 Å². The van der Waals surface area contributed by atoms with Crippen molar-refractivity contribution in [1.82, 2.24) is 5.32 Å². The van der Waals surface area contributed by atoms with Gasteiger partial charge in [-0.25, -0.2) is 0 Å². The van der Waals surface area contributed by atoms with Gasteiger partial charge in [-0.3, -0.25) is 4.79 Å². The lowest BCUT2D eigenvalue weighted by atomic mass is 10.1. The summed E-state index contributed by atoms with van der Waals surface area (Å²) in [4.78, 5) is 11.8. The third kappa shape index (κ3) is 5.21. The van der Waals surface area contributed by atoms with E-state index in [2.05, 4.69) is 5.32 Å². The Morgan fingerprint density at radius 3 is 2.55 bits per heavy atom. The van der Waals surface area contributed by atoms with Gasteiger partial charge in [-0.2, -0.15) is 0 Å². The number of hydrogen-bond acceptors (Lipinski definition) is 3. The first-order valence-corrected chi connectivity index (χ1v) is 7.17. The van der Waals surface area contributed by atoms with E-state index in [9.17, 15) is 4.79 Å². The largest absolute Gasteiger partial charge is 0.493 e.